The Morgan fingerprint density at radius 3 is 2.29 bits per heavy atom. The Labute approximate surface area is 93.1 Å². The van der Waals surface area contributed by atoms with E-state index in [2.05, 4.69) is 6.07 Å². The van der Waals surface area contributed by atoms with E-state index in [-0.39, 0.29) is 18.9 Å². The second-order valence-electron chi connectivity index (χ2n) is 2.85. The first kappa shape index (κ1) is 13.4. The fourth-order valence-electron chi connectivity index (χ4n) is 0.888. The van der Waals surface area contributed by atoms with Crippen molar-refractivity contribution in [2.45, 2.75) is 6.18 Å². The number of anilines is 1. The summed E-state index contributed by atoms with van der Waals surface area (Å²) in [4.78, 5) is 1.58. The predicted molar refractivity (Wildman–Crippen MR) is 44.6 cm³/mol. The maximum absolute atomic E-state index is 12.2. The molecule has 0 atom stereocenters. The van der Waals surface area contributed by atoms with Gasteiger partial charge in [-0.2, -0.15) is 31.4 Å². The van der Waals surface area contributed by atoms with Crippen molar-refractivity contribution in [2.75, 3.05) is 19.0 Å². The van der Waals surface area contributed by atoms with Gasteiger partial charge < -0.3 is 4.90 Å². The predicted octanol–water partition coefficient (Wildman–Crippen LogP) is -0.424. The fraction of sp³-hybridized carbons (Fsp3) is 0.333. The number of hydrogen-bond acceptors (Lipinski definition) is 1. The summed E-state index contributed by atoms with van der Waals surface area (Å²) in [6.07, 6.45) is -4.28. The van der Waals surface area contributed by atoms with E-state index in [1.165, 1.54) is 6.07 Å². The Kier molecular flexibility index (Phi) is 4.56. The van der Waals surface area contributed by atoms with Crippen molar-refractivity contribution in [3.8, 4) is 0 Å². The summed E-state index contributed by atoms with van der Waals surface area (Å²) >= 11 is 0. The molecule has 1 nitrogen and oxygen atoms in total. The van der Waals surface area contributed by atoms with Crippen LogP contribution >= 0.6 is 0 Å². The van der Waals surface area contributed by atoms with Crippen LogP contribution in [0.15, 0.2) is 18.2 Å². The largest absolute Gasteiger partial charge is 1.00 e. The van der Waals surface area contributed by atoms with E-state index in [4.69, 9.17) is 0 Å². The van der Waals surface area contributed by atoms with Gasteiger partial charge in [-0.25, -0.2) is 0 Å². The zero-order valence-corrected chi connectivity index (χ0v) is 8.31. The SMILES string of the molecule is CN(C)c1[c-]ccc(C(F)(F)F)c1.[Li+]. The molecule has 0 fully saturated rings. The number of rotatable bonds is 1. The van der Waals surface area contributed by atoms with Crippen molar-refractivity contribution < 1.29 is 32.0 Å². The average molecular weight is 195 g/mol. The van der Waals surface area contributed by atoms with Crippen molar-refractivity contribution >= 4 is 5.69 Å². The molecule has 0 saturated carbocycles. The van der Waals surface area contributed by atoms with Gasteiger partial charge in [-0.3, -0.25) is 0 Å². The second-order valence-corrected chi connectivity index (χ2v) is 2.85. The summed E-state index contributed by atoms with van der Waals surface area (Å²) < 4.78 is 36.6. The molecule has 0 unspecified atom stereocenters. The molecule has 0 aliphatic heterocycles. The van der Waals surface area contributed by atoms with Crippen LogP contribution in [0, 0.1) is 6.07 Å². The van der Waals surface area contributed by atoms with Gasteiger partial charge in [0.25, 0.3) is 0 Å². The average Bonchev–Trinajstić information content (AvgIpc) is 2.03. The Hall–Kier alpha value is -0.593. The van der Waals surface area contributed by atoms with Gasteiger partial charge in [0, 0.05) is 14.1 Å². The summed E-state index contributed by atoms with van der Waals surface area (Å²) in [5, 5.41) is 0. The van der Waals surface area contributed by atoms with E-state index >= 15 is 0 Å². The van der Waals surface area contributed by atoms with Crippen molar-refractivity contribution in [1.29, 1.82) is 0 Å². The molecule has 1 rings (SSSR count). The Morgan fingerprint density at radius 1 is 1.29 bits per heavy atom. The number of nitrogens with zero attached hydrogens (tertiary/aromatic N) is 1. The minimum atomic E-state index is -4.28. The van der Waals surface area contributed by atoms with Gasteiger partial charge in [0.1, 0.15) is 0 Å². The standard InChI is InChI=1S/C9H9F3N.Li/c1-13(2)8-5-3-4-7(6-8)9(10,11)12;/h3-4,6H,1-2H3;/q-1;+1. The summed E-state index contributed by atoms with van der Waals surface area (Å²) in [6.45, 7) is 0. The first-order valence-corrected chi connectivity index (χ1v) is 3.67. The van der Waals surface area contributed by atoms with Crippen LogP contribution in [0.5, 0.6) is 0 Å². The first-order chi connectivity index (χ1) is 5.91. The molecule has 0 aromatic heterocycles. The third-order valence-corrected chi connectivity index (χ3v) is 1.60. The molecule has 0 aliphatic rings. The van der Waals surface area contributed by atoms with Crippen LogP contribution in [-0.4, -0.2) is 14.1 Å². The molecular weight excluding hydrogens is 186 g/mol. The maximum atomic E-state index is 12.2. The Morgan fingerprint density at radius 2 is 1.86 bits per heavy atom. The molecule has 1 aromatic rings. The van der Waals surface area contributed by atoms with Crippen LogP contribution < -0.4 is 23.8 Å². The molecule has 1 aromatic carbocycles. The van der Waals surface area contributed by atoms with Crippen LogP contribution in [0.1, 0.15) is 5.56 Å². The van der Waals surface area contributed by atoms with Crippen LogP contribution in [0.2, 0.25) is 0 Å². The monoisotopic (exact) mass is 195 g/mol. The summed E-state index contributed by atoms with van der Waals surface area (Å²) in [5.74, 6) is 0. The number of alkyl halides is 3. The molecule has 0 bridgehead atoms. The molecule has 0 amide bonds. The van der Waals surface area contributed by atoms with Crippen molar-refractivity contribution in [1.82, 2.24) is 0 Å². The van der Waals surface area contributed by atoms with Gasteiger partial charge in [-0.05, 0) is 0 Å². The molecule has 0 spiro atoms. The minimum Gasteiger partial charge on any atom is -0.400 e. The third kappa shape index (κ3) is 3.28. The van der Waals surface area contributed by atoms with Crippen LogP contribution in [0.4, 0.5) is 18.9 Å². The van der Waals surface area contributed by atoms with Gasteiger partial charge in [-0.15, -0.1) is 6.07 Å². The van der Waals surface area contributed by atoms with Gasteiger partial charge >= 0.3 is 25.0 Å². The van der Waals surface area contributed by atoms with Crippen molar-refractivity contribution in [2.24, 2.45) is 0 Å². The molecule has 0 radical (unpaired) electrons. The Balaban J connectivity index is 0.00000169. The third-order valence-electron chi connectivity index (χ3n) is 1.60. The molecule has 5 heteroatoms. The molecule has 72 valence electrons. The van der Waals surface area contributed by atoms with Gasteiger partial charge in [0.15, 0.2) is 0 Å². The van der Waals surface area contributed by atoms with E-state index in [1.807, 2.05) is 0 Å². The molecule has 14 heavy (non-hydrogen) atoms. The molecule has 0 heterocycles. The normalized spacial score (nSPS) is 10.6. The zero-order valence-electron chi connectivity index (χ0n) is 8.31. The van der Waals surface area contributed by atoms with E-state index in [1.54, 1.807) is 19.0 Å². The summed E-state index contributed by atoms with van der Waals surface area (Å²) in [5.41, 5.74) is -0.218. The smallest absolute Gasteiger partial charge is 0.400 e. The van der Waals surface area contributed by atoms with Crippen LogP contribution in [0.25, 0.3) is 0 Å². The number of benzene rings is 1. The Bertz CT molecular complexity index is 296. The minimum absolute atomic E-state index is 0. The quantitative estimate of drug-likeness (QED) is 0.434. The topological polar surface area (TPSA) is 3.24 Å². The summed E-state index contributed by atoms with van der Waals surface area (Å²) in [6, 6.07) is 6.06. The van der Waals surface area contributed by atoms with Crippen LogP contribution in [-0.2, 0) is 6.18 Å². The van der Waals surface area contributed by atoms with E-state index in [0.29, 0.717) is 5.69 Å². The van der Waals surface area contributed by atoms with E-state index < -0.39 is 11.7 Å². The maximum Gasteiger partial charge on any atom is 1.00 e. The molecule has 0 saturated heterocycles. The second kappa shape index (κ2) is 4.77. The van der Waals surface area contributed by atoms with Crippen molar-refractivity contribution in [3.05, 3.63) is 29.8 Å². The van der Waals surface area contributed by atoms with Gasteiger partial charge in [0.2, 0.25) is 0 Å². The fourth-order valence-corrected chi connectivity index (χ4v) is 0.888. The van der Waals surface area contributed by atoms with Crippen LogP contribution in [0.3, 0.4) is 0 Å². The van der Waals surface area contributed by atoms with E-state index in [9.17, 15) is 13.2 Å². The van der Waals surface area contributed by atoms with Crippen molar-refractivity contribution in [3.63, 3.8) is 0 Å². The zero-order chi connectivity index (χ0) is 10.1. The number of halogens is 3. The summed E-state index contributed by atoms with van der Waals surface area (Å²) in [7, 11) is 3.35. The first-order valence-electron chi connectivity index (χ1n) is 3.67. The number of hydrogen-bond donors (Lipinski definition) is 0. The van der Waals surface area contributed by atoms with E-state index in [0.717, 1.165) is 12.1 Å². The van der Waals surface area contributed by atoms with Gasteiger partial charge in [-0.1, -0.05) is 11.3 Å². The van der Waals surface area contributed by atoms with Gasteiger partial charge in [0.05, 0.1) is 0 Å². The molecule has 0 aliphatic carbocycles. The molecule has 0 N–H and O–H groups in total. The molecular formula is C9H9F3LiN.